The van der Waals surface area contributed by atoms with E-state index in [-0.39, 0.29) is 17.9 Å². The van der Waals surface area contributed by atoms with Crippen molar-refractivity contribution < 1.29 is 14.3 Å². The Kier molecular flexibility index (Phi) is 6.03. The summed E-state index contributed by atoms with van der Waals surface area (Å²) in [5, 5.41) is 5.30. The molecule has 0 aliphatic carbocycles. The van der Waals surface area contributed by atoms with Crippen LogP contribution in [0.5, 0.6) is 11.5 Å². The molecular weight excluding hydrogens is 438 g/mol. The Morgan fingerprint density at radius 3 is 2.63 bits per heavy atom. The molecule has 1 amide bonds. The van der Waals surface area contributed by atoms with E-state index in [2.05, 4.69) is 66.3 Å². The fourth-order valence-electron chi connectivity index (χ4n) is 4.19. The number of carbonyl (C=O) groups is 1. The number of nitrogens with one attached hydrogen (secondary N) is 1. The molecule has 0 saturated carbocycles. The van der Waals surface area contributed by atoms with Crippen molar-refractivity contribution in [1.82, 2.24) is 9.99 Å². The molecule has 0 saturated heterocycles. The molecule has 1 aliphatic heterocycles. The molecule has 0 spiro atoms. The van der Waals surface area contributed by atoms with Crippen LogP contribution in [0.25, 0.3) is 10.9 Å². The Labute approximate surface area is 205 Å². The zero-order valence-electron chi connectivity index (χ0n) is 20.2. The number of fused-ring (bicyclic) bond motifs is 2. The van der Waals surface area contributed by atoms with Crippen LogP contribution in [0.1, 0.15) is 37.5 Å². The van der Waals surface area contributed by atoms with E-state index in [1.807, 2.05) is 48.5 Å². The number of aromatic nitrogens is 1. The van der Waals surface area contributed by atoms with Crippen LogP contribution in [0.2, 0.25) is 0 Å². The molecule has 0 bridgehead atoms. The molecule has 1 unspecified atom stereocenters. The maximum absolute atomic E-state index is 12.8. The van der Waals surface area contributed by atoms with Crippen molar-refractivity contribution in [2.24, 2.45) is 5.10 Å². The van der Waals surface area contributed by atoms with Gasteiger partial charge in [0.25, 0.3) is 5.91 Å². The molecule has 1 aromatic heterocycles. The topological polar surface area (TPSA) is 64.8 Å². The molecule has 35 heavy (non-hydrogen) atoms. The highest BCUT2D eigenvalue weighted by Crippen LogP contribution is 2.36. The van der Waals surface area contributed by atoms with E-state index >= 15 is 0 Å². The molecule has 6 heteroatoms. The zero-order valence-corrected chi connectivity index (χ0v) is 20.2. The molecule has 1 aliphatic rings. The van der Waals surface area contributed by atoms with Gasteiger partial charge in [0.05, 0.1) is 6.21 Å². The van der Waals surface area contributed by atoms with Crippen LogP contribution in [0.15, 0.2) is 84.1 Å². The van der Waals surface area contributed by atoms with E-state index in [1.54, 1.807) is 6.21 Å². The van der Waals surface area contributed by atoms with Crippen LogP contribution in [0.4, 0.5) is 0 Å². The van der Waals surface area contributed by atoms with Gasteiger partial charge >= 0.3 is 0 Å². The van der Waals surface area contributed by atoms with Crippen molar-refractivity contribution in [2.45, 2.75) is 38.8 Å². The summed E-state index contributed by atoms with van der Waals surface area (Å²) in [5.74, 6) is 0.884. The van der Waals surface area contributed by atoms with Gasteiger partial charge in [-0.1, -0.05) is 75.4 Å². The fraction of sp³-hybridized carbons (Fsp3) is 0.241. The molecule has 2 heterocycles. The van der Waals surface area contributed by atoms with E-state index in [9.17, 15) is 4.79 Å². The minimum absolute atomic E-state index is 0.0302. The first-order valence-corrected chi connectivity index (χ1v) is 11.8. The molecule has 5 rings (SSSR count). The van der Waals surface area contributed by atoms with Crippen LogP contribution in [0.3, 0.4) is 0 Å². The van der Waals surface area contributed by atoms with Crippen LogP contribution < -0.4 is 14.9 Å². The number of hydrogen-bond acceptors (Lipinski definition) is 4. The van der Waals surface area contributed by atoms with Crippen molar-refractivity contribution in [3.8, 4) is 11.5 Å². The number of hydrazone groups is 1. The predicted octanol–water partition coefficient (Wildman–Crippen LogP) is 5.28. The first kappa shape index (κ1) is 22.7. The third-order valence-corrected chi connectivity index (χ3v) is 6.16. The first-order chi connectivity index (χ1) is 16.9. The van der Waals surface area contributed by atoms with Crippen LogP contribution in [-0.2, 0) is 16.8 Å². The summed E-state index contributed by atoms with van der Waals surface area (Å²) in [7, 11) is 0. The summed E-state index contributed by atoms with van der Waals surface area (Å²) in [6.45, 7) is 7.29. The lowest BCUT2D eigenvalue weighted by Crippen LogP contribution is -2.42. The monoisotopic (exact) mass is 467 g/mol. The highest BCUT2D eigenvalue weighted by Gasteiger charge is 2.28. The summed E-state index contributed by atoms with van der Waals surface area (Å²) < 4.78 is 13.9. The summed E-state index contributed by atoms with van der Waals surface area (Å²) >= 11 is 0. The summed E-state index contributed by atoms with van der Waals surface area (Å²) in [5.41, 5.74) is 6.96. The molecule has 0 fully saturated rings. The van der Waals surface area contributed by atoms with Gasteiger partial charge in [-0.3, -0.25) is 4.79 Å². The summed E-state index contributed by atoms with van der Waals surface area (Å²) in [4.78, 5) is 12.8. The van der Waals surface area contributed by atoms with E-state index < -0.39 is 6.10 Å². The number of nitrogens with zero attached hydrogens (tertiary/aromatic N) is 2. The average molecular weight is 468 g/mol. The van der Waals surface area contributed by atoms with Gasteiger partial charge in [0.1, 0.15) is 6.61 Å². The number of hydrogen-bond donors (Lipinski definition) is 1. The Hall–Kier alpha value is -4.06. The fourth-order valence-corrected chi connectivity index (χ4v) is 4.19. The quantitative estimate of drug-likeness (QED) is 0.321. The van der Waals surface area contributed by atoms with E-state index in [4.69, 9.17) is 9.47 Å². The van der Waals surface area contributed by atoms with Crippen LogP contribution in [-0.4, -0.2) is 29.4 Å². The van der Waals surface area contributed by atoms with Gasteiger partial charge in [0.15, 0.2) is 11.5 Å². The number of para-hydroxylation sites is 1. The van der Waals surface area contributed by atoms with Gasteiger partial charge in [-0.05, 0) is 34.7 Å². The van der Waals surface area contributed by atoms with Crippen molar-refractivity contribution in [1.29, 1.82) is 0 Å². The second kappa shape index (κ2) is 9.29. The molecule has 1 atom stereocenters. The van der Waals surface area contributed by atoms with Gasteiger partial charge in [0.2, 0.25) is 6.10 Å². The minimum atomic E-state index is -0.769. The minimum Gasteiger partial charge on any atom is -0.485 e. The highest BCUT2D eigenvalue weighted by atomic mass is 16.6. The van der Waals surface area contributed by atoms with Gasteiger partial charge in [0, 0.05) is 29.2 Å². The highest BCUT2D eigenvalue weighted by molar-refractivity contribution is 5.99. The number of amides is 1. The number of rotatable bonds is 5. The maximum Gasteiger partial charge on any atom is 0.284 e. The lowest BCUT2D eigenvalue weighted by atomic mass is 9.87. The second-order valence-corrected chi connectivity index (χ2v) is 9.78. The molecule has 178 valence electrons. The standard InChI is InChI=1S/C29H29N3O3/c1-29(2,3)22-13-14-25-26(15-22)35-27(19-34-25)28(33)31-30-16-21-18-32(17-20-9-5-4-6-10-20)24-12-8-7-11-23(21)24/h4-16,18,27H,17,19H2,1-3H3,(H,31,33). The van der Waals surface area contributed by atoms with E-state index in [0.717, 1.165) is 28.6 Å². The SMILES string of the molecule is CC(C)(C)c1ccc2c(c1)OC(C(=O)NN=Cc1cn(Cc3ccccc3)c3ccccc13)CO2. The Morgan fingerprint density at radius 2 is 1.83 bits per heavy atom. The predicted molar refractivity (Wildman–Crippen MR) is 138 cm³/mol. The Bertz CT molecular complexity index is 1380. The maximum atomic E-state index is 12.8. The summed E-state index contributed by atoms with van der Waals surface area (Å²) in [6.07, 6.45) is 2.96. The van der Waals surface area contributed by atoms with Crippen LogP contribution in [0, 0.1) is 0 Å². The normalized spacial score (nSPS) is 15.5. The first-order valence-electron chi connectivity index (χ1n) is 11.8. The number of benzene rings is 3. The third-order valence-electron chi connectivity index (χ3n) is 6.16. The smallest absolute Gasteiger partial charge is 0.284 e. The molecule has 1 N–H and O–H groups in total. The summed E-state index contributed by atoms with van der Waals surface area (Å²) in [6, 6.07) is 24.4. The van der Waals surface area contributed by atoms with Gasteiger partial charge < -0.3 is 14.0 Å². The average Bonchev–Trinajstić information content (AvgIpc) is 3.20. The molecule has 6 nitrogen and oxygen atoms in total. The van der Waals surface area contributed by atoms with Crippen molar-refractivity contribution >= 4 is 23.0 Å². The molecular formula is C29H29N3O3. The van der Waals surface area contributed by atoms with Crippen molar-refractivity contribution in [2.75, 3.05) is 6.61 Å². The van der Waals surface area contributed by atoms with Crippen molar-refractivity contribution in [3.63, 3.8) is 0 Å². The Morgan fingerprint density at radius 1 is 1.06 bits per heavy atom. The molecule has 3 aromatic carbocycles. The lowest BCUT2D eigenvalue weighted by molar-refractivity contribution is -0.130. The number of ether oxygens (including phenoxy) is 2. The van der Waals surface area contributed by atoms with Gasteiger partial charge in [-0.15, -0.1) is 0 Å². The largest absolute Gasteiger partial charge is 0.485 e. The lowest BCUT2D eigenvalue weighted by Gasteiger charge is -2.27. The van der Waals surface area contributed by atoms with Crippen molar-refractivity contribution in [3.05, 3.63) is 95.7 Å². The Balaban J connectivity index is 1.29. The molecule has 0 radical (unpaired) electrons. The van der Waals surface area contributed by atoms with E-state index in [0.29, 0.717) is 11.5 Å². The van der Waals surface area contributed by atoms with Gasteiger partial charge in [-0.2, -0.15) is 5.10 Å². The molecule has 4 aromatic rings. The number of carbonyl (C=O) groups excluding carboxylic acids is 1. The van der Waals surface area contributed by atoms with Gasteiger partial charge in [-0.25, -0.2) is 5.43 Å². The third kappa shape index (κ3) is 4.92. The zero-order chi connectivity index (χ0) is 24.4. The van der Waals surface area contributed by atoms with Crippen LogP contribution >= 0.6 is 0 Å². The second-order valence-electron chi connectivity index (χ2n) is 9.78. The van der Waals surface area contributed by atoms with E-state index in [1.165, 1.54) is 5.56 Å².